The molecule has 120 valence electrons. The first-order valence-corrected chi connectivity index (χ1v) is 7.14. The molecule has 0 aliphatic carbocycles. The van der Waals surface area contributed by atoms with Crippen LogP contribution in [0, 0.1) is 6.92 Å². The number of primary amides is 1. The molecule has 7 heteroatoms. The van der Waals surface area contributed by atoms with Crippen molar-refractivity contribution in [2.24, 2.45) is 5.73 Å². The third-order valence-electron chi connectivity index (χ3n) is 3.51. The number of nitrogens with one attached hydrogen (secondary N) is 1. The van der Waals surface area contributed by atoms with Gasteiger partial charge in [0.1, 0.15) is 11.3 Å². The zero-order chi connectivity index (χ0) is 17.1. The zero-order valence-electron chi connectivity index (χ0n) is 12.8. The molecule has 0 atom stereocenters. The Labute approximate surface area is 137 Å². The molecule has 0 bridgehead atoms. The Kier molecular flexibility index (Phi) is 4.07. The Balaban J connectivity index is 1.98. The lowest BCUT2D eigenvalue weighted by molar-refractivity contribution is 0.100. The molecule has 0 unspecified atom stereocenters. The number of nitrogens with two attached hydrogens (primary N) is 1. The first kappa shape index (κ1) is 15.4. The van der Waals surface area contributed by atoms with E-state index < -0.39 is 11.8 Å². The van der Waals surface area contributed by atoms with Gasteiger partial charge in [-0.1, -0.05) is 23.4 Å². The van der Waals surface area contributed by atoms with Crippen molar-refractivity contribution in [2.75, 3.05) is 5.32 Å². The van der Waals surface area contributed by atoms with E-state index in [1.165, 1.54) is 0 Å². The maximum Gasteiger partial charge on any atom is 0.258 e. The van der Waals surface area contributed by atoms with Gasteiger partial charge in [-0.05, 0) is 30.7 Å². The van der Waals surface area contributed by atoms with Crippen LogP contribution < -0.4 is 11.1 Å². The molecule has 0 saturated carbocycles. The number of amides is 2. The minimum Gasteiger partial charge on any atom is -0.365 e. The van der Waals surface area contributed by atoms with Gasteiger partial charge in [-0.25, -0.2) is 0 Å². The van der Waals surface area contributed by atoms with Crippen LogP contribution >= 0.6 is 0 Å². The van der Waals surface area contributed by atoms with E-state index in [0.29, 0.717) is 11.1 Å². The van der Waals surface area contributed by atoms with Gasteiger partial charge in [-0.2, -0.15) is 0 Å². The second kappa shape index (κ2) is 6.33. The Morgan fingerprint density at radius 1 is 1.12 bits per heavy atom. The second-order valence-electron chi connectivity index (χ2n) is 5.10. The number of pyridine rings is 1. The maximum absolute atomic E-state index is 12.4. The summed E-state index contributed by atoms with van der Waals surface area (Å²) in [7, 11) is 0. The highest BCUT2D eigenvalue weighted by atomic mass is 16.5. The first-order valence-electron chi connectivity index (χ1n) is 7.14. The Hall–Kier alpha value is -3.48. The van der Waals surface area contributed by atoms with Crippen molar-refractivity contribution in [2.45, 2.75) is 6.92 Å². The zero-order valence-corrected chi connectivity index (χ0v) is 12.8. The molecule has 3 aromatic rings. The molecule has 0 aliphatic rings. The molecule has 3 N–H and O–H groups in total. The number of hydrogen-bond donors (Lipinski definition) is 2. The summed E-state index contributed by atoms with van der Waals surface area (Å²) in [6.45, 7) is 1.81. The Morgan fingerprint density at radius 2 is 1.83 bits per heavy atom. The summed E-state index contributed by atoms with van der Waals surface area (Å²) >= 11 is 0. The second-order valence-corrected chi connectivity index (χ2v) is 5.10. The minimum absolute atomic E-state index is 0.0168. The highest BCUT2D eigenvalue weighted by molar-refractivity contribution is 6.10. The number of aryl methyl sites for hydroxylation is 1. The van der Waals surface area contributed by atoms with E-state index in [2.05, 4.69) is 15.5 Å². The fourth-order valence-electron chi connectivity index (χ4n) is 2.31. The molecule has 0 spiro atoms. The van der Waals surface area contributed by atoms with Gasteiger partial charge in [0.15, 0.2) is 0 Å². The van der Waals surface area contributed by atoms with Crippen LogP contribution in [0.5, 0.6) is 0 Å². The molecule has 0 fully saturated rings. The van der Waals surface area contributed by atoms with Crippen LogP contribution in [0.3, 0.4) is 0 Å². The van der Waals surface area contributed by atoms with Crippen molar-refractivity contribution >= 4 is 17.7 Å². The summed E-state index contributed by atoms with van der Waals surface area (Å²) < 4.78 is 5.14. The molecule has 3 rings (SSSR count). The number of hydrogen-bond acceptors (Lipinski definition) is 5. The van der Waals surface area contributed by atoms with Crippen LogP contribution in [0.1, 0.15) is 26.3 Å². The summed E-state index contributed by atoms with van der Waals surface area (Å²) in [6.07, 6.45) is 3.11. The molecule has 2 heterocycles. The van der Waals surface area contributed by atoms with E-state index in [-0.39, 0.29) is 17.1 Å². The molecule has 24 heavy (non-hydrogen) atoms. The van der Waals surface area contributed by atoms with Crippen molar-refractivity contribution in [3.63, 3.8) is 0 Å². The number of anilines is 1. The average molecular weight is 322 g/mol. The monoisotopic (exact) mass is 322 g/mol. The summed E-state index contributed by atoms with van der Waals surface area (Å²) in [5.74, 6) is -1.24. The van der Waals surface area contributed by atoms with Gasteiger partial charge in [0, 0.05) is 23.5 Å². The highest BCUT2D eigenvalue weighted by Crippen LogP contribution is 2.28. The maximum atomic E-state index is 12.4. The van der Waals surface area contributed by atoms with Crippen LogP contribution in [0.2, 0.25) is 0 Å². The number of carbonyl (C=O) groups excluding carboxylic acids is 2. The topological polar surface area (TPSA) is 111 Å². The van der Waals surface area contributed by atoms with E-state index >= 15 is 0 Å². The summed E-state index contributed by atoms with van der Waals surface area (Å²) in [5, 5.41) is 6.41. The normalized spacial score (nSPS) is 10.4. The molecule has 0 aliphatic heterocycles. The molecule has 2 aromatic heterocycles. The highest BCUT2D eigenvalue weighted by Gasteiger charge is 2.24. The van der Waals surface area contributed by atoms with Gasteiger partial charge in [0.05, 0.1) is 0 Å². The van der Waals surface area contributed by atoms with Gasteiger partial charge in [-0.3, -0.25) is 19.9 Å². The van der Waals surface area contributed by atoms with Crippen molar-refractivity contribution in [3.05, 3.63) is 65.5 Å². The number of rotatable bonds is 4. The van der Waals surface area contributed by atoms with Gasteiger partial charge in [0.2, 0.25) is 5.88 Å². The van der Waals surface area contributed by atoms with Crippen LogP contribution in [0.4, 0.5) is 5.88 Å². The molecule has 0 radical (unpaired) electrons. The van der Waals surface area contributed by atoms with Crippen molar-refractivity contribution in [1.29, 1.82) is 0 Å². The van der Waals surface area contributed by atoms with Crippen LogP contribution in [-0.2, 0) is 0 Å². The van der Waals surface area contributed by atoms with Gasteiger partial charge < -0.3 is 10.3 Å². The fraction of sp³-hybridized carbons (Fsp3) is 0.0588. The first-order chi connectivity index (χ1) is 11.6. The van der Waals surface area contributed by atoms with Crippen molar-refractivity contribution in [1.82, 2.24) is 10.1 Å². The quantitative estimate of drug-likeness (QED) is 0.766. The van der Waals surface area contributed by atoms with Crippen molar-refractivity contribution < 1.29 is 14.1 Å². The Bertz CT molecular complexity index is 903. The van der Waals surface area contributed by atoms with Crippen LogP contribution in [0.15, 0.2) is 53.3 Å². The molecule has 2 amide bonds. The van der Waals surface area contributed by atoms with Crippen molar-refractivity contribution in [3.8, 4) is 11.3 Å². The average Bonchev–Trinajstić information content (AvgIpc) is 2.99. The van der Waals surface area contributed by atoms with E-state index in [1.807, 2.05) is 19.1 Å². The molecule has 1 aromatic carbocycles. The molecular formula is C17H14N4O3. The van der Waals surface area contributed by atoms with Gasteiger partial charge in [0.25, 0.3) is 11.8 Å². The van der Waals surface area contributed by atoms with Crippen LogP contribution in [0.25, 0.3) is 11.3 Å². The van der Waals surface area contributed by atoms with E-state index in [9.17, 15) is 9.59 Å². The predicted molar refractivity (Wildman–Crippen MR) is 87.4 cm³/mol. The lowest BCUT2D eigenvalue weighted by Gasteiger charge is -2.05. The standard InChI is InChI=1S/C17H14N4O3/c1-10-4-2-3-5-12(10)16(23)20-17-13(15(18)22)14(21-24-17)11-6-8-19-9-7-11/h2-9H,1H3,(H2,18,22)(H,20,23). The number of carbonyl (C=O) groups is 2. The van der Waals surface area contributed by atoms with E-state index in [4.69, 9.17) is 10.3 Å². The van der Waals surface area contributed by atoms with Crippen LogP contribution in [-0.4, -0.2) is 22.0 Å². The molecular weight excluding hydrogens is 308 g/mol. The van der Waals surface area contributed by atoms with E-state index in [1.54, 1.807) is 36.7 Å². The smallest absolute Gasteiger partial charge is 0.258 e. The van der Waals surface area contributed by atoms with E-state index in [0.717, 1.165) is 5.56 Å². The largest absolute Gasteiger partial charge is 0.365 e. The third-order valence-corrected chi connectivity index (χ3v) is 3.51. The predicted octanol–water partition coefficient (Wildman–Crippen LogP) is 2.40. The van der Waals surface area contributed by atoms with Gasteiger partial charge in [-0.15, -0.1) is 0 Å². The fourth-order valence-corrected chi connectivity index (χ4v) is 2.31. The van der Waals surface area contributed by atoms with Gasteiger partial charge >= 0.3 is 0 Å². The lowest BCUT2D eigenvalue weighted by Crippen LogP contribution is -2.18. The number of nitrogens with zero attached hydrogens (tertiary/aromatic N) is 2. The third kappa shape index (κ3) is 2.87. The summed E-state index contributed by atoms with van der Waals surface area (Å²) in [4.78, 5) is 28.1. The molecule has 7 nitrogen and oxygen atoms in total. The minimum atomic E-state index is -0.747. The SMILES string of the molecule is Cc1ccccc1C(=O)Nc1onc(-c2ccncc2)c1C(N)=O. The lowest BCUT2D eigenvalue weighted by atomic mass is 10.1. The Morgan fingerprint density at radius 3 is 2.50 bits per heavy atom. The number of benzene rings is 1. The summed E-state index contributed by atoms with van der Waals surface area (Å²) in [5.41, 5.74) is 7.58. The number of aromatic nitrogens is 2. The molecule has 0 saturated heterocycles. The summed E-state index contributed by atoms with van der Waals surface area (Å²) in [6, 6.07) is 10.4.